The van der Waals surface area contributed by atoms with Crippen LogP contribution in [0.3, 0.4) is 0 Å². The average molecular weight is 237 g/mol. The monoisotopic (exact) mass is 236 g/mol. The van der Waals surface area contributed by atoms with Crippen LogP contribution in [-0.4, -0.2) is 12.6 Å². The highest BCUT2D eigenvalue weighted by Crippen LogP contribution is 2.10. The summed E-state index contributed by atoms with van der Waals surface area (Å²) in [6.45, 7) is 4.89. The molecule has 0 amide bonds. The van der Waals surface area contributed by atoms with Gasteiger partial charge in [-0.05, 0) is 30.0 Å². The molecule has 0 saturated carbocycles. The van der Waals surface area contributed by atoms with Crippen LogP contribution in [0.4, 0.5) is 0 Å². The lowest BCUT2D eigenvalue weighted by Gasteiger charge is -2.14. The van der Waals surface area contributed by atoms with Gasteiger partial charge in [-0.15, -0.1) is 0 Å². The summed E-state index contributed by atoms with van der Waals surface area (Å²) < 4.78 is 0. The Bertz CT molecular complexity index is 368. The predicted octanol–water partition coefficient (Wildman–Crippen LogP) is 3.02. The van der Waals surface area contributed by atoms with E-state index in [-0.39, 0.29) is 6.04 Å². The van der Waals surface area contributed by atoms with Crippen LogP contribution in [0.15, 0.2) is 24.3 Å². The van der Waals surface area contributed by atoms with Gasteiger partial charge in [-0.1, -0.05) is 37.6 Å². The molecule has 0 aliphatic carbocycles. The molecule has 0 radical (unpaired) electrons. The van der Waals surface area contributed by atoms with Crippen LogP contribution >= 0.6 is 11.6 Å². The highest BCUT2D eigenvalue weighted by molar-refractivity contribution is 6.30. The van der Waals surface area contributed by atoms with Crippen molar-refractivity contribution < 1.29 is 0 Å². The number of nitrogens with zero attached hydrogens (tertiary/aromatic N) is 1. The molecule has 16 heavy (non-hydrogen) atoms. The van der Waals surface area contributed by atoms with E-state index in [4.69, 9.17) is 16.9 Å². The molecule has 2 nitrogen and oxygen atoms in total. The average Bonchev–Trinajstić information content (AvgIpc) is 2.24. The van der Waals surface area contributed by atoms with Gasteiger partial charge in [-0.25, -0.2) is 0 Å². The topological polar surface area (TPSA) is 35.8 Å². The van der Waals surface area contributed by atoms with Gasteiger partial charge in [0, 0.05) is 11.6 Å². The minimum Gasteiger partial charge on any atom is -0.301 e. The molecule has 0 heterocycles. The third-order valence-electron chi connectivity index (χ3n) is 2.47. The minimum absolute atomic E-state index is 0.0702. The summed E-state index contributed by atoms with van der Waals surface area (Å²) in [5.74, 6) is 0.337. The first-order valence-corrected chi connectivity index (χ1v) is 5.88. The molecule has 1 unspecified atom stereocenters. The summed E-state index contributed by atoms with van der Waals surface area (Å²) in [5.41, 5.74) is 1.19. The molecule has 0 aliphatic rings. The summed E-state index contributed by atoms with van der Waals surface area (Å²) in [4.78, 5) is 0. The van der Waals surface area contributed by atoms with Gasteiger partial charge in [-0.2, -0.15) is 5.26 Å². The molecule has 1 aromatic carbocycles. The molecule has 1 aromatic rings. The van der Waals surface area contributed by atoms with E-state index in [0.717, 1.165) is 18.0 Å². The van der Waals surface area contributed by atoms with E-state index in [1.807, 2.05) is 38.1 Å². The van der Waals surface area contributed by atoms with Gasteiger partial charge in [0.1, 0.15) is 0 Å². The quantitative estimate of drug-likeness (QED) is 0.853. The first-order valence-electron chi connectivity index (χ1n) is 5.51. The maximum atomic E-state index is 8.90. The van der Waals surface area contributed by atoms with Crippen molar-refractivity contribution in [2.75, 3.05) is 6.54 Å². The molecule has 1 atom stereocenters. The van der Waals surface area contributed by atoms with Gasteiger partial charge in [0.15, 0.2) is 0 Å². The van der Waals surface area contributed by atoms with E-state index >= 15 is 0 Å². The number of hydrogen-bond acceptors (Lipinski definition) is 2. The Morgan fingerprint density at radius 2 is 2.19 bits per heavy atom. The number of benzene rings is 1. The summed E-state index contributed by atoms with van der Waals surface area (Å²) in [5, 5.41) is 12.9. The largest absolute Gasteiger partial charge is 0.301 e. The molecule has 0 aliphatic heterocycles. The van der Waals surface area contributed by atoms with Crippen LogP contribution in [0.2, 0.25) is 5.02 Å². The van der Waals surface area contributed by atoms with E-state index in [2.05, 4.69) is 11.4 Å². The lowest BCUT2D eigenvalue weighted by Crippen LogP contribution is -2.33. The molecular weight excluding hydrogens is 220 g/mol. The van der Waals surface area contributed by atoms with E-state index in [1.54, 1.807) is 0 Å². The zero-order valence-electron chi connectivity index (χ0n) is 9.70. The Morgan fingerprint density at radius 3 is 2.75 bits per heavy atom. The molecule has 0 aromatic heterocycles. The van der Waals surface area contributed by atoms with Gasteiger partial charge in [-0.3, -0.25) is 0 Å². The zero-order valence-corrected chi connectivity index (χ0v) is 10.5. The number of nitriles is 1. The molecule has 0 spiro atoms. The summed E-state index contributed by atoms with van der Waals surface area (Å²) in [6, 6.07) is 10.0. The molecular formula is C13H17ClN2. The standard InChI is InChI=1S/C13H17ClN2/c1-10(2)13(9-15)16-7-6-11-4-3-5-12(14)8-11/h3-5,8,10,13,16H,6-7H2,1-2H3. The maximum absolute atomic E-state index is 8.90. The predicted molar refractivity (Wildman–Crippen MR) is 67.4 cm³/mol. The normalized spacial score (nSPS) is 12.4. The number of halogens is 1. The number of rotatable bonds is 5. The van der Waals surface area contributed by atoms with Crippen LogP contribution in [0.25, 0.3) is 0 Å². The van der Waals surface area contributed by atoms with Crippen molar-refractivity contribution in [1.29, 1.82) is 5.26 Å². The van der Waals surface area contributed by atoms with E-state index < -0.39 is 0 Å². The first kappa shape index (κ1) is 13.0. The van der Waals surface area contributed by atoms with Crippen LogP contribution in [0.1, 0.15) is 19.4 Å². The maximum Gasteiger partial charge on any atom is 0.0976 e. The third kappa shape index (κ3) is 4.22. The molecule has 1 N–H and O–H groups in total. The fourth-order valence-corrected chi connectivity index (χ4v) is 1.71. The summed E-state index contributed by atoms with van der Waals surface area (Å²) >= 11 is 5.89. The van der Waals surface area contributed by atoms with Gasteiger partial charge in [0.05, 0.1) is 12.1 Å². The van der Waals surface area contributed by atoms with Crippen LogP contribution in [0, 0.1) is 17.2 Å². The van der Waals surface area contributed by atoms with Crippen LogP contribution < -0.4 is 5.32 Å². The minimum atomic E-state index is -0.0702. The Kier molecular flexibility index (Phi) is 5.31. The Morgan fingerprint density at radius 1 is 1.44 bits per heavy atom. The van der Waals surface area contributed by atoms with Gasteiger partial charge in [0.2, 0.25) is 0 Å². The molecule has 0 bridgehead atoms. The third-order valence-corrected chi connectivity index (χ3v) is 2.71. The van der Waals surface area contributed by atoms with Gasteiger partial charge >= 0.3 is 0 Å². The van der Waals surface area contributed by atoms with Crippen molar-refractivity contribution in [1.82, 2.24) is 5.32 Å². The highest BCUT2D eigenvalue weighted by Gasteiger charge is 2.10. The van der Waals surface area contributed by atoms with Gasteiger partial charge < -0.3 is 5.32 Å². The summed E-state index contributed by atoms with van der Waals surface area (Å²) in [6.07, 6.45) is 0.894. The van der Waals surface area contributed by atoms with Crippen molar-refractivity contribution in [3.63, 3.8) is 0 Å². The molecule has 0 saturated heterocycles. The SMILES string of the molecule is CC(C)C(C#N)NCCc1cccc(Cl)c1. The van der Waals surface area contributed by atoms with E-state index in [0.29, 0.717) is 5.92 Å². The molecule has 3 heteroatoms. The Hall–Kier alpha value is -1.04. The Balaban J connectivity index is 2.39. The molecule has 0 fully saturated rings. The van der Waals surface area contributed by atoms with Gasteiger partial charge in [0.25, 0.3) is 0 Å². The fourth-order valence-electron chi connectivity index (χ4n) is 1.49. The van der Waals surface area contributed by atoms with Crippen molar-refractivity contribution in [2.45, 2.75) is 26.3 Å². The number of nitrogens with one attached hydrogen (secondary N) is 1. The highest BCUT2D eigenvalue weighted by atomic mass is 35.5. The lowest BCUT2D eigenvalue weighted by molar-refractivity contribution is 0.475. The van der Waals surface area contributed by atoms with E-state index in [9.17, 15) is 0 Å². The second-order valence-electron chi connectivity index (χ2n) is 4.18. The number of hydrogen-bond donors (Lipinski definition) is 1. The van der Waals surface area contributed by atoms with Crippen LogP contribution in [-0.2, 0) is 6.42 Å². The Labute approximate surface area is 102 Å². The second kappa shape index (κ2) is 6.52. The molecule has 1 rings (SSSR count). The summed E-state index contributed by atoms with van der Waals surface area (Å²) in [7, 11) is 0. The van der Waals surface area contributed by atoms with E-state index in [1.165, 1.54) is 5.56 Å². The second-order valence-corrected chi connectivity index (χ2v) is 4.62. The smallest absolute Gasteiger partial charge is 0.0976 e. The van der Waals surface area contributed by atoms with Crippen LogP contribution in [0.5, 0.6) is 0 Å². The molecule has 86 valence electrons. The first-order chi connectivity index (χ1) is 7.63. The van der Waals surface area contributed by atoms with Crippen molar-refractivity contribution in [3.05, 3.63) is 34.9 Å². The van der Waals surface area contributed by atoms with Crippen molar-refractivity contribution >= 4 is 11.6 Å². The fraction of sp³-hybridized carbons (Fsp3) is 0.462. The zero-order chi connectivity index (χ0) is 12.0. The lowest BCUT2D eigenvalue weighted by atomic mass is 10.1. The van der Waals surface area contributed by atoms with Crippen molar-refractivity contribution in [2.24, 2.45) is 5.92 Å². The van der Waals surface area contributed by atoms with Crippen molar-refractivity contribution in [3.8, 4) is 6.07 Å².